The monoisotopic (exact) mass is 190 g/mol. The second-order valence-electron chi connectivity index (χ2n) is 3.01. The Morgan fingerprint density at radius 2 is 2.21 bits per heavy atom. The van der Waals surface area contributed by atoms with Crippen molar-refractivity contribution in [3.05, 3.63) is 34.4 Å². The first-order valence-corrected chi connectivity index (χ1v) is 4.26. The lowest BCUT2D eigenvalue weighted by Crippen LogP contribution is -2.09. The number of hydrogen-bond acceptors (Lipinski definition) is 3. The van der Waals surface area contributed by atoms with Gasteiger partial charge >= 0.3 is 0 Å². The predicted molar refractivity (Wildman–Crippen MR) is 53.7 cm³/mol. The molecular formula is C10H10N2O2. The van der Waals surface area contributed by atoms with Crippen molar-refractivity contribution in [3.8, 4) is 5.75 Å². The Morgan fingerprint density at radius 3 is 2.93 bits per heavy atom. The maximum absolute atomic E-state index is 11.5. The molecule has 0 saturated carbocycles. The lowest BCUT2D eigenvalue weighted by atomic mass is 10.2. The number of ether oxygens (including phenoxy) is 1. The molecule has 0 spiro atoms. The molecular weight excluding hydrogens is 180 g/mol. The minimum atomic E-state index is -0.133. The smallest absolute Gasteiger partial charge is 0.258 e. The van der Waals surface area contributed by atoms with Gasteiger partial charge < -0.3 is 9.72 Å². The van der Waals surface area contributed by atoms with E-state index in [2.05, 4.69) is 9.97 Å². The van der Waals surface area contributed by atoms with Gasteiger partial charge in [0.05, 0.1) is 12.5 Å². The molecule has 2 aromatic rings. The molecule has 0 saturated heterocycles. The quantitative estimate of drug-likeness (QED) is 0.736. The summed E-state index contributed by atoms with van der Waals surface area (Å²) in [5, 5.41) is 0.551. The van der Waals surface area contributed by atoms with Crippen LogP contribution in [0.2, 0.25) is 0 Å². The summed E-state index contributed by atoms with van der Waals surface area (Å²) in [5.41, 5.74) is 0.475. The molecule has 0 unspecified atom stereocenters. The van der Waals surface area contributed by atoms with Crippen LogP contribution in [0.1, 0.15) is 5.82 Å². The third-order valence-corrected chi connectivity index (χ3v) is 2.04. The van der Waals surface area contributed by atoms with E-state index in [1.807, 2.05) is 0 Å². The highest BCUT2D eigenvalue weighted by Gasteiger charge is 2.05. The standard InChI is InChI=1S/C10H10N2O2/c1-6-11-9-7(10(13)12-6)4-3-5-8(9)14-2/h3-5H,1-2H3,(H,11,12,13). The van der Waals surface area contributed by atoms with Crippen LogP contribution >= 0.6 is 0 Å². The molecule has 1 N–H and O–H groups in total. The van der Waals surface area contributed by atoms with Gasteiger partial charge in [-0.25, -0.2) is 4.98 Å². The number of hydrogen-bond donors (Lipinski definition) is 1. The number of fused-ring (bicyclic) bond motifs is 1. The van der Waals surface area contributed by atoms with Crippen molar-refractivity contribution in [1.29, 1.82) is 0 Å². The van der Waals surface area contributed by atoms with E-state index in [4.69, 9.17) is 4.74 Å². The molecule has 0 bridgehead atoms. The van der Waals surface area contributed by atoms with Gasteiger partial charge in [0.1, 0.15) is 17.1 Å². The number of nitrogens with one attached hydrogen (secondary N) is 1. The summed E-state index contributed by atoms with van der Waals surface area (Å²) >= 11 is 0. The lowest BCUT2D eigenvalue weighted by molar-refractivity contribution is 0.418. The molecule has 0 fully saturated rings. The number of aromatic amines is 1. The van der Waals surface area contributed by atoms with Gasteiger partial charge in [-0.3, -0.25) is 4.79 Å². The van der Waals surface area contributed by atoms with E-state index in [1.54, 1.807) is 32.2 Å². The van der Waals surface area contributed by atoms with Crippen LogP contribution < -0.4 is 10.3 Å². The molecule has 0 aliphatic carbocycles. The summed E-state index contributed by atoms with van der Waals surface area (Å²) in [6.45, 7) is 1.74. The van der Waals surface area contributed by atoms with Gasteiger partial charge in [-0.15, -0.1) is 0 Å². The minimum absolute atomic E-state index is 0.133. The average molecular weight is 190 g/mol. The predicted octanol–water partition coefficient (Wildman–Crippen LogP) is 1.24. The molecule has 14 heavy (non-hydrogen) atoms. The van der Waals surface area contributed by atoms with Crippen LogP contribution in [0.15, 0.2) is 23.0 Å². The number of aryl methyl sites for hydroxylation is 1. The molecule has 0 amide bonds. The minimum Gasteiger partial charge on any atom is -0.494 e. The summed E-state index contributed by atoms with van der Waals surface area (Å²) in [4.78, 5) is 18.4. The number of benzene rings is 1. The van der Waals surface area contributed by atoms with Gasteiger partial charge in [-0.05, 0) is 19.1 Å². The van der Waals surface area contributed by atoms with Gasteiger partial charge in [-0.2, -0.15) is 0 Å². The van der Waals surface area contributed by atoms with Gasteiger partial charge in [0.15, 0.2) is 0 Å². The van der Waals surface area contributed by atoms with Crippen molar-refractivity contribution in [3.63, 3.8) is 0 Å². The van der Waals surface area contributed by atoms with E-state index in [9.17, 15) is 4.79 Å². The third-order valence-electron chi connectivity index (χ3n) is 2.04. The first-order valence-electron chi connectivity index (χ1n) is 4.26. The molecule has 0 atom stereocenters. The number of para-hydroxylation sites is 1. The zero-order valence-corrected chi connectivity index (χ0v) is 8.00. The molecule has 0 radical (unpaired) electrons. The summed E-state index contributed by atoms with van der Waals surface area (Å²) < 4.78 is 5.12. The molecule has 2 rings (SSSR count). The second kappa shape index (κ2) is 3.14. The fourth-order valence-corrected chi connectivity index (χ4v) is 1.41. The largest absolute Gasteiger partial charge is 0.494 e. The van der Waals surface area contributed by atoms with Crippen LogP contribution in [0.25, 0.3) is 10.9 Å². The molecule has 4 heteroatoms. The summed E-state index contributed by atoms with van der Waals surface area (Å²) in [6, 6.07) is 5.28. The zero-order chi connectivity index (χ0) is 10.1. The highest BCUT2D eigenvalue weighted by Crippen LogP contribution is 2.20. The Bertz CT molecular complexity index is 531. The van der Waals surface area contributed by atoms with Crippen LogP contribution in [-0.2, 0) is 0 Å². The second-order valence-corrected chi connectivity index (χ2v) is 3.01. The molecule has 1 heterocycles. The molecule has 4 nitrogen and oxygen atoms in total. The van der Waals surface area contributed by atoms with Crippen LogP contribution in [0.3, 0.4) is 0 Å². The van der Waals surface area contributed by atoms with E-state index in [0.29, 0.717) is 22.5 Å². The van der Waals surface area contributed by atoms with Crippen LogP contribution in [0, 0.1) is 6.92 Å². The topological polar surface area (TPSA) is 55.0 Å². The number of methoxy groups -OCH3 is 1. The Balaban J connectivity index is 2.94. The van der Waals surface area contributed by atoms with Gasteiger partial charge in [0, 0.05) is 0 Å². The Morgan fingerprint density at radius 1 is 1.43 bits per heavy atom. The highest BCUT2D eigenvalue weighted by atomic mass is 16.5. The van der Waals surface area contributed by atoms with E-state index >= 15 is 0 Å². The van der Waals surface area contributed by atoms with E-state index in [-0.39, 0.29) is 5.56 Å². The molecule has 0 aliphatic heterocycles. The van der Waals surface area contributed by atoms with Gasteiger partial charge in [0.2, 0.25) is 0 Å². The fraction of sp³-hybridized carbons (Fsp3) is 0.200. The van der Waals surface area contributed by atoms with Crippen LogP contribution in [0.4, 0.5) is 0 Å². The van der Waals surface area contributed by atoms with Gasteiger partial charge in [0.25, 0.3) is 5.56 Å². The lowest BCUT2D eigenvalue weighted by Gasteiger charge is -2.03. The van der Waals surface area contributed by atoms with Crippen molar-refractivity contribution in [2.45, 2.75) is 6.92 Å². The van der Waals surface area contributed by atoms with Crippen molar-refractivity contribution >= 4 is 10.9 Å². The average Bonchev–Trinajstić information content (AvgIpc) is 2.17. The fourth-order valence-electron chi connectivity index (χ4n) is 1.41. The van der Waals surface area contributed by atoms with E-state index in [0.717, 1.165) is 0 Å². The summed E-state index contributed by atoms with van der Waals surface area (Å²) in [5.74, 6) is 1.21. The van der Waals surface area contributed by atoms with Crippen molar-refractivity contribution in [1.82, 2.24) is 9.97 Å². The number of aromatic nitrogens is 2. The van der Waals surface area contributed by atoms with Crippen molar-refractivity contribution in [2.75, 3.05) is 7.11 Å². The Labute approximate surface area is 80.6 Å². The summed E-state index contributed by atoms with van der Waals surface area (Å²) in [7, 11) is 1.56. The van der Waals surface area contributed by atoms with Crippen molar-refractivity contribution in [2.24, 2.45) is 0 Å². The molecule has 1 aromatic heterocycles. The SMILES string of the molecule is COc1cccc2c(=O)[nH]c(C)nc12. The van der Waals surface area contributed by atoms with Crippen molar-refractivity contribution < 1.29 is 4.74 Å². The van der Waals surface area contributed by atoms with Crippen LogP contribution in [0.5, 0.6) is 5.75 Å². The maximum Gasteiger partial charge on any atom is 0.258 e. The maximum atomic E-state index is 11.5. The number of nitrogens with zero attached hydrogens (tertiary/aromatic N) is 1. The first-order chi connectivity index (χ1) is 6.72. The summed E-state index contributed by atoms with van der Waals surface area (Å²) in [6.07, 6.45) is 0. The third kappa shape index (κ3) is 1.25. The van der Waals surface area contributed by atoms with Gasteiger partial charge in [-0.1, -0.05) is 6.07 Å². The number of H-pyrrole nitrogens is 1. The number of rotatable bonds is 1. The molecule has 0 aliphatic rings. The van der Waals surface area contributed by atoms with E-state index in [1.165, 1.54) is 0 Å². The highest BCUT2D eigenvalue weighted by molar-refractivity contribution is 5.83. The Kier molecular flexibility index (Phi) is 1.96. The molecule has 1 aromatic carbocycles. The normalized spacial score (nSPS) is 10.4. The Hall–Kier alpha value is -1.84. The first kappa shape index (κ1) is 8.74. The zero-order valence-electron chi connectivity index (χ0n) is 8.00. The van der Waals surface area contributed by atoms with E-state index < -0.39 is 0 Å². The molecule has 72 valence electrons. The van der Waals surface area contributed by atoms with Crippen LogP contribution in [-0.4, -0.2) is 17.1 Å².